The minimum Gasteiger partial charge on any atom is -0.378 e. The molecule has 11 heteroatoms. The van der Waals surface area contributed by atoms with Gasteiger partial charge in [0.05, 0.1) is 24.8 Å². The van der Waals surface area contributed by atoms with Crippen molar-refractivity contribution in [3.8, 4) is 0 Å². The zero-order valence-electron chi connectivity index (χ0n) is 19.6. The molecule has 2 aliphatic rings. The highest BCUT2D eigenvalue weighted by Gasteiger charge is 2.44. The average molecular weight is 498 g/mol. The lowest BCUT2D eigenvalue weighted by molar-refractivity contribution is -0.137. The predicted octanol–water partition coefficient (Wildman–Crippen LogP) is 4.02. The van der Waals surface area contributed by atoms with Crippen molar-refractivity contribution in [2.45, 2.75) is 44.6 Å². The lowest BCUT2D eigenvalue weighted by Gasteiger charge is -2.38. The number of hydrogen-bond donors (Lipinski definition) is 0. The largest absolute Gasteiger partial charge is 0.416 e. The Kier molecular flexibility index (Phi) is 7.01. The molecule has 2 fully saturated rings. The number of aromatic nitrogens is 1. The second-order valence-electron chi connectivity index (χ2n) is 8.95. The van der Waals surface area contributed by atoms with Crippen molar-refractivity contribution in [3.63, 3.8) is 0 Å². The van der Waals surface area contributed by atoms with Crippen LogP contribution in [0.1, 0.15) is 24.6 Å². The third-order valence-corrected chi connectivity index (χ3v) is 6.70. The molecule has 2 saturated heterocycles. The minimum absolute atomic E-state index is 0.0535. The zero-order chi connectivity index (χ0) is 25.5. The molecule has 1 aromatic heterocycles. The van der Waals surface area contributed by atoms with E-state index in [0.717, 1.165) is 24.3 Å². The molecule has 0 radical (unpaired) electrons. The van der Waals surface area contributed by atoms with Crippen molar-refractivity contribution >= 4 is 17.4 Å². The van der Waals surface area contributed by atoms with Crippen molar-refractivity contribution in [3.05, 3.63) is 53.2 Å². The molecule has 2 aliphatic heterocycles. The van der Waals surface area contributed by atoms with Gasteiger partial charge in [-0.15, -0.1) is 0 Å². The van der Waals surface area contributed by atoms with Crippen LogP contribution in [0.3, 0.4) is 0 Å². The monoisotopic (exact) mass is 498 g/mol. The number of carbonyl (C=O) groups excluding carboxylic acids is 1. The number of alkyl halides is 3. The first-order chi connectivity index (χ1) is 16.5. The highest BCUT2D eigenvalue weighted by molar-refractivity contribution is 5.99. The fraction of sp³-hybridized carbons (Fsp3) is 0.500. The van der Waals surface area contributed by atoms with Gasteiger partial charge in [-0.05, 0) is 51.6 Å². The number of halogens is 5. The maximum Gasteiger partial charge on any atom is 0.416 e. The first-order valence-corrected chi connectivity index (χ1v) is 11.4. The molecule has 3 heterocycles. The molecule has 0 aliphatic carbocycles. The number of nitrogens with zero attached hydrogens (tertiary/aromatic N) is 4. The summed E-state index contributed by atoms with van der Waals surface area (Å²) in [7, 11) is 1.90. The SMILES string of the molecule is CCN(C(=O)[C@@H]1C[C@H](N(C)C2COC2)CN1c1cc(C(F)(F)F)cc(C)n1)c1ccc(F)c(F)c1. The van der Waals surface area contributed by atoms with Crippen LogP contribution in [0.15, 0.2) is 30.3 Å². The van der Waals surface area contributed by atoms with Crippen LogP contribution in [0.5, 0.6) is 0 Å². The number of carbonyl (C=O) groups is 1. The first-order valence-electron chi connectivity index (χ1n) is 11.4. The van der Waals surface area contributed by atoms with Gasteiger partial charge in [-0.2, -0.15) is 13.2 Å². The summed E-state index contributed by atoms with van der Waals surface area (Å²) >= 11 is 0. The molecule has 0 saturated carbocycles. The van der Waals surface area contributed by atoms with Crippen LogP contribution in [0.2, 0.25) is 0 Å². The van der Waals surface area contributed by atoms with E-state index >= 15 is 0 Å². The summed E-state index contributed by atoms with van der Waals surface area (Å²) in [5, 5.41) is 0. The Morgan fingerprint density at radius 2 is 1.86 bits per heavy atom. The molecule has 1 aromatic carbocycles. The Labute approximate surface area is 200 Å². The van der Waals surface area contributed by atoms with Crippen LogP contribution in [-0.2, 0) is 15.7 Å². The van der Waals surface area contributed by atoms with E-state index in [0.29, 0.717) is 19.6 Å². The van der Waals surface area contributed by atoms with Gasteiger partial charge in [0.1, 0.15) is 11.9 Å². The summed E-state index contributed by atoms with van der Waals surface area (Å²) in [6.07, 6.45) is -4.23. The number of anilines is 2. The molecule has 0 N–H and O–H groups in total. The molecule has 1 amide bonds. The molecule has 0 bridgehead atoms. The summed E-state index contributed by atoms with van der Waals surface area (Å²) in [5.41, 5.74) is -0.491. The molecule has 2 aromatic rings. The quantitative estimate of drug-likeness (QED) is 0.564. The van der Waals surface area contributed by atoms with Crippen LogP contribution in [0, 0.1) is 18.6 Å². The fourth-order valence-electron chi connectivity index (χ4n) is 4.61. The second kappa shape index (κ2) is 9.69. The summed E-state index contributed by atoms with van der Waals surface area (Å²) < 4.78 is 73.2. The van der Waals surface area contributed by atoms with Crippen molar-refractivity contribution in [2.75, 3.05) is 43.2 Å². The van der Waals surface area contributed by atoms with Crippen molar-refractivity contribution < 1.29 is 31.5 Å². The number of amides is 1. The van der Waals surface area contributed by atoms with Crippen LogP contribution >= 0.6 is 0 Å². The Balaban J connectivity index is 1.70. The van der Waals surface area contributed by atoms with E-state index in [1.54, 1.807) is 11.8 Å². The van der Waals surface area contributed by atoms with E-state index < -0.39 is 35.3 Å². The van der Waals surface area contributed by atoms with E-state index in [-0.39, 0.29) is 42.4 Å². The summed E-state index contributed by atoms with van der Waals surface area (Å²) in [4.78, 5) is 23.0. The number of pyridine rings is 1. The Morgan fingerprint density at radius 1 is 1.14 bits per heavy atom. The maximum absolute atomic E-state index is 13.9. The smallest absolute Gasteiger partial charge is 0.378 e. The zero-order valence-corrected chi connectivity index (χ0v) is 19.6. The van der Waals surface area contributed by atoms with Crippen molar-refractivity contribution in [1.29, 1.82) is 0 Å². The number of rotatable bonds is 6. The molecular weight excluding hydrogens is 471 g/mol. The van der Waals surface area contributed by atoms with Crippen LogP contribution < -0.4 is 9.80 Å². The molecule has 0 spiro atoms. The lowest BCUT2D eigenvalue weighted by Crippen LogP contribution is -2.52. The van der Waals surface area contributed by atoms with E-state index in [1.807, 2.05) is 7.05 Å². The molecule has 0 unspecified atom stereocenters. The third kappa shape index (κ3) is 5.11. The molecule has 6 nitrogen and oxygen atoms in total. The first kappa shape index (κ1) is 25.3. The summed E-state index contributed by atoms with van der Waals surface area (Å²) in [6.45, 7) is 4.71. The standard InChI is InChI=1S/C24H27F5N4O2/c1-4-32(16-5-6-19(25)20(26)9-16)23(34)21-10-17(31(3)18-12-35-13-18)11-33(21)22-8-15(24(27,28)29)7-14(2)30-22/h5-9,17-18,21H,4,10-13H2,1-3H3/t17-,21-/m0/s1. The summed E-state index contributed by atoms with van der Waals surface area (Å²) in [5.74, 6) is -2.49. The van der Waals surface area contributed by atoms with E-state index in [2.05, 4.69) is 9.88 Å². The molecule has 4 rings (SSSR count). The number of ether oxygens (including phenoxy) is 1. The Morgan fingerprint density at radius 3 is 2.43 bits per heavy atom. The highest BCUT2D eigenvalue weighted by Crippen LogP contribution is 2.35. The minimum atomic E-state index is -4.57. The van der Waals surface area contributed by atoms with Gasteiger partial charge < -0.3 is 14.5 Å². The van der Waals surface area contributed by atoms with Gasteiger partial charge in [0.25, 0.3) is 0 Å². The molecule has 2 atom stereocenters. The van der Waals surface area contributed by atoms with Crippen LogP contribution in [0.25, 0.3) is 0 Å². The van der Waals surface area contributed by atoms with Crippen molar-refractivity contribution in [1.82, 2.24) is 9.88 Å². The molecule has 35 heavy (non-hydrogen) atoms. The Bertz CT molecular complexity index is 1090. The number of aryl methyl sites for hydroxylation is 1. The van der Waals surface area contributed by atoms with Crippen molar-refractivity contribution in [2.24, 2.45) is 0 Å². The number of likely N-dealkylation sites (N-methyl/N-ethyl adjacent to an activating group) is 2. The van der Waals surface area contributed by atoms with Crippen LogP contribution in [0.4, 0.5) is 33.5 Å². The van der Waals surface area contributed by atoms with Gasteiger partial charge in [0, 0.05) is 36.6 Å². The van der Waals surface area contributed by atoms with Crippen LogP contribution in [-0.4, -0.2) is 67.3 Å². The van der Waals surface area contributed by atoms with E-state index in [1.165, 1.54) is 17.9 Å². The number of hydrogen-bond acceptors (Lipinski definition) is 5. The third-order valence-electron chi connectivity index (χ3n) is 6.70. The normalized spacial score (nSPS) is 20.9. The topological polar surface area (TPSA) is 48.9 Å². The van der Waals surface area contributed by atoms with Gasteiger partial charge in [0.2, 0.25) is 5.91 Å². The van der Waals surface area contributed by atoms with E-state index in [4.69, 9.17) is 4.74 Å². The molecular formula is C24H27F5N4O2. The predicted molar refractivity (Wildman–Crippen MR) is 120 cm³/mol. The van der Waals surface area contributed by atoms with Gasteiger partial charge in [-0.1, -0.05) is 0 Å². The Hall–Kier alpha value is -2.79. The molecule has 190 valence electrons. The maximum atomic E-state index is 13.9. The average Bonchev–Trinajstić information content (AvgIpc) is 3.20. The second-order valence-corrected chi connectivity index (χ2v) is 8.95. The fourth-order valence-corrected chi connectivity index (χ4v) is 4.61. The summed E-state index contributed by atoms with van der Waals surface area (Å²) in [6, 6.07) is 4.28. The number of benzene rings is 1. The van der Waals surface area contributed by atoms with E-state index in [9.17, 15) is 26.7 Å². The highest BCUT2D eigenvalue weighted by atomic mass is 19.4. The van der Waals surface area contributed by atoms with Gasteiger partial charge in [0.15, 0.2) is 11.6 Å². The lowest BCUT2D eigenvalue weighted by atomic mass is 10.1. The van der Waals surface area contributed by atoms with Gasteiger partial charge >= 0.3 is 6.18 Å². The van der Waals surface area contributed by atoms with Gasteiger partial charge in [-0.25, -0.2) is 13.8 Å². The van der Waals surface area contributed by atoms with Gasteiger partial charge in [-0.3, -0.25) is 9.69 Å².